The van der Waals surface area contributed by atoms with Gasteiger partial charge in [0.05, 0.1) is 13.2 Å². The van der Waals surface area contributed by atoms with Crippen LogP contribution in [0.4, 0.5) is 4.79 Å². The van der Waals surface area contributed by atoms with Gasteiger partial charge in [0.2, 0.25) is 5.91 Å². The van der Waals surface area contributed by atoms with Gasteiger partial charge in [-0.1, -0.05) is 0 Å². The van der Waals surface area contributed by atoms with E-state index in [1.165, 1.54) is 9.80 Å². The Balaban J connectivity index is 2.13. The smallest absolute Gasteiger partial charge is 0.411 e. The lowest BCUT2D eigenvalue weighted by Gasteiger charge is -2.52. The van der Waals surface area contributed by atoms with Gasteiger partial charge in [0, 0.05) is 6.54 Å². The molecule has 0 saturated carbocycles. The molecule has 2 saturated heterocycles. The number of aliphatic hydroxyl groups is 1. The van der Waals surface area contributed by atoms with Gasteiger partial charge in [-0.25, -0.2) is 4.79 Å². The number of rotatable bonds is 3. The van der Waals surface area contributed by atoms with E-state index in [1.807, 2.05) is 0 Å². The van der Waals surface area contributed by atoms with Gasteiger partial charge >= 0.3 is 6.09 Å². The van der Waals surface area contributed by atoms with E-state index in [0.717, 1.165) is 0 Å². The highest BCUT2D eigenvalue weighted by Gasteiger charge is 2.62. The highest BCUT2D eigenvalue weighted by Crippen LogP contribution is 2.40. The van der Waals surface area contributed by atoms with Crippen molar-refractivity contribution in [3.8, 4) is 0 Å². The molecule has 124 valence electrons. The third-order valence-electron chi connectivity index (χ3n) is 4.07. The SMILES string of the molecule is CC(C)(C)OC(=O)N1CCCC12CN(C(CO)C(N)=O)C2=O. The lowest BCUT2D eigenvalue weighted by Crippen LogP contribution is -2.76. The summed E-state index contributed by atoms with van der Waals surface area (Å²) in [6.07, 6.45) is 0.690. The second-order valence-corrected chi connectivity index (χ2v) is 6.80. The first kappa shape index (κ1) is 16.5. The minimum absolute atomic E-state index is 0.194. The Labute approximate surface area is 129 Å². The van der Waals surface area contributed by atoms with Crippen LogP contribution in [0.3, 0.4) is 0 Å². The van der Waals surface area contributed by atoms with E-state index in [4.69, 9.17) is 10.5 Å². The molecular formula is C14H23N3O5. The number of nitrogens with zero attached hydrogens (tertiary/aromatic N) is 2. The molecular weight excluding hydrogens is 290 g/mol. The Hall–Kier alpha value is -1.83. The summed E-state index contributed by atoms with van der Waals surface area (Å²) < 4.78 is 5.35. The van der Waals surface area contributed by atoms with E-state index in [9.17, 15) is 19.5 Å². The molecule has 0 aromatic heterocycles. The monoisotopic (exact) mass is 313 g/mol. The Bertz CT molecular complexity index is 501. The third-order valence-corrected chi connectivity index (χ3v) is 4.07. The number of carbonyl (C=O) groups is 3. The van der Waals surface area contributed by atoms with Crippen LogP contribution in [0.25, 0.3) is 0 Å². The second kappa shape index (κ2) is 5.42. The molecule has 0 radical (unpaired) electrons. The van der Waals surface area contributed by atoms with Crippen LogP contribution in [0.15, 0.2) is 0 Å². The Morgan fingerprint density at radius 3 is 2.55 bits per heavy atom. The number of carbonyl (C=O) groups excluding carboxylic acids is 3. The fraction of sp³-hybridized carbons (Fsp3) is 0.786. The summed E-state index contributed by atoms with van der Waals surface area (Å²) in [4.78, 5) is 38.8. The fourth-order valence-corrected chi connectivity index (χ4v) is 3.04. The summed E-state index contributed by atoms with van der Waals surface area (Å²) in [6.45, 7) is 5.39. The number of likely N-dealkylation sites (tertiary alicyclic amines) is 2. The maximum absolute atomic E-state index is 12.5. The quantitative estimate of drug-likeness (QED) is 0.678. The largest absolute Gasteiger partial charge is 0.444 e. The predicted molar refractivity (Wildman–Crippen MR) is 76.7 cm³/mol. The summed E-state index contributed by atoms with van der Waals surface area (Å²) in [5, 5.41) is 9.21. The molecule has 2 aliphatic rings. The molecule has 3 N–H and O–H groups in total. The van der Waals surface area contributed by atoms with Crippen LogP contribution < -0.4 is 5.73 Å². The molecule has 0 aromatic rings. The molecule has 8 heteroatoms. The predicted octanol–water partition coefficient (Wildman–Crippen LogP) is -0.555. The summed E-state index contributed by atoms with van der Waals surface area (Å²) in [5.74, 6) is -1.11. The molecule has 2 rings (SSSR count). The van der Waals surface area contributed by atoms with Gasteiger partial charge in [-0.15, -0.1) is 0 Å². The molecule has 1 spiro atoms. The zero-order valence-electron chi connectivity index (χ0n) is 13.2. The van der Waals surface area contributed by atoms with Gasteiger partial charge in [0.1, 0.15) is 17.2 Å². The Morgan fingerprint density at radius 1 is 1.45 bits per heavy atom. The average molecular weight is 313 g/mol. The summed E-state index contributed by atoms with van der Waals surface area (Å²) in [6, 6.07) is -1.04. The van der Waals surface area contributed by atoms with Crippen LogP contribution in [0.2, 0.25) is 0 Å². The van der Waals surface area contributed by atoms with Crippen molar-refractivity contribution in [2.24, 2.45) is 5.73 Å². The van der Waals surface area contributed by atoms with Crippen LogP contribution >= 0.6 is 0 Å². The van der Waals surface area contributed by atoms with Gasteiger partial charge in [0.15, 0.2) is 0 Å². The standard InChI is InChI=1S/C14H23N3O5/c1-13(2,3)22-12(21)17-6-4-5-14(17)8-16(11(14)20)9(7-18)10(15)19/h9,18H,4-8H2,1-3H3,(H2,15,19). The van der Waals surface area contributed by atoms with Crippen molar-refractivity contribution in [1.82, 2.24) is 9.80 Å². The number of hydrogen-bond acceptors (Lipinski definition) is 5. The van der Waals surface area contributed by atoms with Crippen molar-refractivity contribution >= 4 is 17.9 Å². The maximum Gasteiger partial charge on any atom is 0.411 e. The first-order valence-electron chi connectivity index (χ1n) is 7.34. The molecule has 22 heavy (non-hydrogen) atoms. The summed E-state index contributed by atoms with van der Waals surface area (Å²) in [7, 11) is 0. The average Bonchev–Trinajstić information content (AvgIpc) is 2.83. The number of hydrogen-bond donors (Lipinski definition) is 2. The van der Waals surface area contributed by atoms with Crippen molar-refractivity contribution in [1.29, 1.82) is 0 Å². The topological polar surface area (TPSA) is 113 Å². The van der Waals surface area contributed by atoms with Crippen LogP contribution in [-0.2, 0) is 14.3 Å². The Kier molecular flexibility index (Phi) is 4.08. The van der Waals surface area contributed by atoms with Crippen LogP contribution in [0.5, 0.6) is 0 Å². The first-order valence-corrected chi connectivity index (χ1v) is 7.34. The number of aliphatic hydroxyl groups excluding tert-OH is 1. The Morgan fingerprint density at radius 2 is 2.09 bits per heavy atom. The molecule has 2 atom stereocenters. The minimum Gasteiger partial charge on any atom is -0.444 e. The normalized spacial score (nSPS) is 26.1. The molecule has 2 aliphatic heterocycles. The summed E-state index contributed by atoms with van der Waals surface area (Å²) >= 11 is 0. The van der Waals surface area contributed by atoms with E-state index >= 15 is 0 Å². The van der Waals surface area contributed by atoms with Crippen molar-refractivity contribution in [3.63, 3.8) is 0 Å². The van der Waals surface area contributed by atoms with Crippen LogP contribution in [0, 0.1) is 0 Å². The van der Waals surface area contributed by atoms with Crippen molar-refractivity contribution in [3.05, 3.63) is 0 Å². The molecule has 3 amide bonds. The lowest BCUT2D eigenvalue weighted by molar-refractivity contribution is -0.168. The van der Waals surface area contributed by atoms with Crippen LogP contribution in [-0.4, -0.2) is 69.7 Å². The molecule has 2 unspecified atom stereocenters. The number of nitrogens with two attached hydrogens (primary N) is 1. The van der Waals surface area contributed by atoms with Crippen molar-refractivity contribution in [2.45, 2.75) is 50.8 Å². The highest BCUT2D eigenvalue weighted by molar-refractivity contribution is 5.99. The molecule has 8 nitrogen and oxygen atoms in total. The second-order valence-electron chi connectivity index (χ2n) is 6.80. The molecule has 0 aliphatic carbocycles. The zero-order chi connectivity index (χ0) is 16.7. The van der Waals surface area contributed by atoms with Gasteiger partial charge in [0.25, 0.3) is 5.91 Å². The molecule has 2 heterocycles. The summed E-state index contributed by atoms with van der Waals surface area (Å²) in [5.41, 5.74) is 3.59. The van der Waals surface area contributed by atoms with Crippen molar-refractivity contribution in [2.75, 3.05) is 19.7 Å². The number of amides is 3. The minimum atomic E-state index is -1.04. The first-order chi connectivity index (χ1) is 10.1. The molecule has 0 bridgehead atoms. The van der Waals surface area contributed by atoms with Gasteiger partial charge in [-0.05, 0) is 33.6 Å². The van der Waals surface area contributed by atoms with E-state index in [1.54, 1.807) is 20.8 Å². The number of β-lactam (4-membered cyclic amide) rings is 1. The van der Waals surface area contributed by atoms with Gasteiger partial charge < -0.3 is 20.5 Å². The third kappa shape index (κ3) is 2.63. The van der Waals surface area contributed by atoms with Gasteiger partial charge in [-0.3, -0.25) is 14.5 Å². The fourth-order valence-electron chi connectivity index (χ4n) is 3.04. The van der Waals surface area contributed by atoms with E-state index in [-0.39, 0.29) is 12.5 Å². The van der Waals surface area contributed by atoms with Crippen LogP contribution in [0.1, 0.15) is 33.6 Å². The highest BCUT2D eigenvalue weighted by atomic mass is 16.6. The van der Waals surface area contributed by atoms with Crippen molar-refractivity contribution < 1.29 is 24.2 Å². The molecule has 2 fully saturated rings. The van der Waals surface area contributed by atoms with E-state index in [2.05, 4.69) is 0 Å². The number of ether oxygens (including phenoxy) is 1. The van der Waals surface area contributed by atoms with Gasteiger partial charge in [-0.2, -0.15) is 0 Å². The number of primary amides is 1. The van der Waals surface area contributed by atoms with E-state index < -0.39 is 35.8 Å². The molecule has 0 aromatic carbocycles. The lowest BCUT2D eigenvalue weighted by atomic mass is 9.84. The zero-order valence-corrected chi connectivity index (χ0v) is 13.2. The maximum atomic E-state index is 12.5. The van der Waals surface area contributed by atoms with E-state index in [0.29, 0.717) is 19.4 Å².